The topological polar surface area (TPSA) is 66.8 Å². The van der Waals surface area contributed by atoms with E-state index in [2.05, 4.69) is 0 Å². The predicted octanol–water partition coefficient (Wildman–Crippen LogP) is 0.344. The van der Waals surface area contributed by atoms with Gasteiger partial charge in [-0.1, -0.05) is 0 Å². The second kappa shape index (κ2) is 3.73. The second-order valence-electron chi connectivity index (χ2n) is 5.14. The Morgan fingerprint density at radius 2 is 2.06 bits per heavy atom. The van der Waals surface area contributed by atoms with E-state index in [1.54, 1.807) is 4.90 Å². The van der Waals surface area contributed by atoms with Crippen LogP contribution in [0.1, 0.15) is 20.3 Å². The monoisotopic (exact) mass is 227 g/mol. The van der Waals surface area contributed by atoms with Gasteiger partial charge in [-0.3, -0.25) is 9.59 Å². The SMILES string of the molecule is CC1(C)COCCN1C(=O)C1CC1C(=O)O. The Morgan fingerprint density at radius 1 is 1.38 bits per heavy atom. The highest BCUT2D eigenvalue weighted by Gasteiger charge is 2.52. The molecule has 1 amide bonds. The lowest BCUT2D eigenvalue weighted by Crippen LogP contribution is -2.56. The number of morpholine rings is 1. The number of aliphatic carboxylic acids is 1. The number of rotatable bonds is 2. The van der Waals surface area contributed by atoms with E-state index < -0.39 is 11.9 Å². The Labute approximate surface area is 94.4 Å². The van der Waals surface area contributed by atoms with Gasteiger partial charge in [-0.05, 0) is 20.3 Å². The van der Waals surface area contributed by atoms with Crippen molar-refractivity contribution >= 4 is 11.9 Å². The molecule has 0 bridgehead atoms. The Morgan fingerprint density at radius 3 is 2.56 bits per heavy atom. The van der Waals surface area contributed by atoms with Crippen LogP contribution in [0.4, 0.5) is 0 Å². The standard InChI is InChI=1S/C11H17NO4/c1-11(2)6-16-4-3-12(11)9(13)7-5-8(7)10(14)15/h7-8H,3-6H2,1-2H3,(H,14,15). The van der Waals surface area contributed by atoms with E-state index in [0.717, 1.165) is 0 Å². The molecule has 1 saturated carbocycles. The number of hydrogen-bond acceptors (Lipinski definition) is 3. The number of carbonyl (C=O) groups excluding carboxylic acids is 1. The van der Waals surface area contributed by atoms with Gasteiger partial charge in [0, 0.05) is 6.54 Å². The van der Waals surface area contributed by atoms with Gasteiger partial charge in [-0.2, -0.15) is 0 Å². The van der Waals surface area contributed by atoms with Gasteiger partial charge in [0.15, 0.2) is 0 Å². The van der Waals surface area contributed by atoms with Crippen LogP contribution >= 0.6 is 0 Å². The highest BCUT2D eigenvalue weighted by molar-refractivity contribution is 5.89. The molecule has 1 N–H and O–H groups in total. The molecule has 5 nitrogen and oxygen atoms in total. The van der Waals surface area contributed by atoms with E-state index in [1.807, 2.05) is 13.8 Å². The van der Waals surface area contributed by atoms with Gasteiger partial charge in [-0.25, -0.2) is 0 Å². The van der Waals surface area contributed by atoms with Crippen LogP contribution in [0.3, 0.4) is 0 Å². The maximum atomic E-state index is 12.1. The Hall–Kier alpha value is -1.10. The zero-order valence-electron chi connectivity index (χ0n) is 9.60. The third-order valence-electron chi connectivity index (χ3n) is 3.34. The summed E-state index contributed by atoms with van der Waals surface area (Å²) in [7, 11) is 0. The fourth-order valence-electron chi connectivity index (χ4n) is 2.21. The Balaban J connectivity index is 2.02. The molecule has 1 aliphatic heterocycles. The molecule has 2 unspecified atom stereocenters. The molecule has 0 aromatic rings. The summed E-state index contributed by atoms with van der Waals surface area (Å²) < 4.78 is 5.33. The van der Waals surface area contributed by atoms with Gasteiger partial charge < -0.3 is 14.7 Å². The molecule has 2 aliphatic rings. The number of carboxylic acids is 1. The lowest BCUT2D eigenvalue weighted by Gasteiger charge is -2.42. The molecule has 0 radical (unpaired) electrons. The predicted molar refractivity (Wildman–Crippen MR) is 55.8 cm³/mol. The zero-order chi connectivity index (χ0) is 11.9. The van der Waals surface area contributed by atoms with Gasteiger partial charge in [0.05, 0.1) is 30.6 Å². The highest BCUT2D eigenvalue weighted by Crippen LogP contribution is 2.41. The van der Waals surface area contributed by atoms with Crippen molar-refractivity contribution in [3.63, 3.8) is 0 Å². The smallest absolute Gasteiger partial charge is 0.307 e. The summed E-state index contributed by atoms with van der Waals surface area (Å²) in [6, 6.07) is 0. The van der Waals surface area contributed by atoms with Gasteiger partial charge in [0.2, 0.25) is 5.91 Å². The van der Waals surface area contributed by atoms with Gasteiger partial charge >= 0.3 is 5.97 Å². The minimum Gasteiger partial charge on any atom is -0.481 e. The zero-order valence-corrected chi connectivity index (χ0v) is 9.60. The minimum atomic E-state index is -0.857. The molecule has 1 saturated heterocycles. The van der Waals surface area contributed by atoms with Crippen molar-refractivity contribution in [1.29, 1.82) is 0 Å². The number of carboxylic acid groups (broad SMARTS) is 1. The highest BCUT2D eigenvalue weighted by atomic mass is 16.5. The fourth-order valence-corrected chi connectivity index (χ4v) is 2.21. The summed E-state index contributed by atoms with van der Waals surface area (Å²) in [6.07, 6.45) is 0.488. The third kappa shape index (κ3) is 1.91. The molecule has 16 heavy (non-hydrogen) atoms. The maximum Gasteiger partial charge on any atom is 0.307 e. The molecule has 5 heteroatoms. The fraction of sp³-hybridized carbons (Fsp3) is 0.818. The average Bonchev–Trinajstić information content (AvgIpc) is 2.95. The van der Waals surface area contributed by atoms with E-state index in [9.17, 15) is 9.59 Å². The molecule has 2 fully saturated rings. The molecule has 2 rings (SSSR count). The number of carbonyl (C=O) groups is 2. The molecule has 0 aromatic heterocycles. The van der Waals surface area contributed by atoms with Crippen LogP contribution in [-0.4, -0.2) is 47.2 Å². The van der Waals surface area contributed by atoms with E-state index in [1.165, 1.54) is 0 Å². The van der Waals surface area contributed by atoms with Crippen molar-refractivity contribution in [1.82, 2.24) is 4.90 Å². The second-order valence-corrected chi connectivity index (χ2v) is 5.14. The normalized spacial score (nSPS) is 32.2. The van der Waals surface area contributed by atoms with Crippen LogP contribution in [0.5, 0.6) is 0 Å². The van der Waals surface area contributed by atoms with Gasteiger partial charge in [0.1, 0.15) is 0 Å². The minimum absolute atomic E-state index is 0.0271. The maximum absolute atomic E-state index is 12.1. The van der Waals surface area contributed by atoms with Crippen LogP contribution in [-0.2, 0) is 14.3 Å². The van der Waals surface area contributed by atoms with Crippen LogP contribution in [0.25, 0.3) is 0 Å². The molecular weight excluding hydrogens is 210 g/mol. The van der Waals surface area contributed by atoms with E-state index in [4.69, 9.17) is 9.84 Å². The number of ether oxygens (including phenoxy) is 1. The van der Waals surface area contributed by atoms with Gasteiger partial charge in [0.25, 0.3) is 0 Å². The number of nitrogens with zero attached hydrogens (tertiary/aromatic N) is 1. The summed E-state index contributed by atoms with van der Waals surface area (Å²) in [5.41, 5.74) is -0.318. The van der Waals surface area contributed by atoms with Crippen molar-refractivity contribution in [2.75, 3.05) is 19.8 Å². The van der Waals surface area contributed by atoms with Crippen molar-refractivity contribution in [2.24, 2.45) is 11.8 Å². The quantitative estimate of drug-likeness (QED) is 0.739. The summed E-state index contributed by atoms with van der Waals surface area (Å²) in [5, 5.41) is 8.81. The first-order valence-electron chi connectivity index (χ1n) is 5.55. The molecule has 90 valence electrons. The number of hydrogen-bond donors (Lipinski definition) is 1. The lowest BCUT2D eigenvalue weighted by atomic mass is 10.0. The average molecular weight is 227 g/mol. The first kappa shape index (κ1) is 11.4. The lowest BCUT2D eigenvalue weighted by molar-refractivity contribution is -0.150. The van der Waals surface area contributed by atoms with Crippen LogP contribution in [0, 0.1) is 11.8 Å². The summed E-state index contributed by atoms with van der Waals surface area (Å²) >= 11 is 0. The van der Waals surface area contributed by atoms with E-state index >= 15 is 0 Å². The molecular formula is C11H17NO4. The van der Waals surface area contributed by atoms with Crippen molar-refractivity contribution in [3.05, 3.63) is 0 Å². The molecule has 2 atom stereocenters. The molecule has 1 aliphatic carbocycles. The molecule has 0 spiro atoms. The van der Waals surface area contributed by atoms with Crippen LogP contribution in [0.15, 0.2) is 0 Å². The Bertz CT molecular complexity index is 326. The summed E-state index contributed by atoms with van der Waals surface area (Å²) in [6.45, 7) is 5.52. The first-order chi connectivity index (χ1) is 7.43. The van der Waals surface area contributed by atoms with Crippen LogP contribution in [0.2, 0.25) is 0 Å². The van der Waals surface area contributed by atoms with Crippen LogP contribution < -0.4 is 0 Å². The number of amides is 1. The van der Waals surface area contributed by atoms with Crippen molar-refractivity contribution in [3.8, 4) is 0 Å². The third-order valence-corrected chi connectivity index (χ3v) is 3.34. The molecule has 0 aromatic carbocycles. The van der Waals surface area contributed by atoms with E-state index in [-0.39, 0.29) is 17.4 Å². The van der Waals surface area contributed by atoms with Crippen molar-refractivity contribution in [2.45, 2.75) is 25.8 Å². The largest absolute Gasteiger partial charge is 0.481 e. The van der Waals surface area contributed by atoms with E-state index in [0.29, 0.717) is 26.2 Å². The molecule has 1 heterocycles. The Kier molecular flexibility index (Phi) is 2.66. The van der Waals surface area contributed by atoms with Crippen molar-refractivity contribution < 1.29 is 19.4 Å². The first-order valence-corrected chi connectivity index (χ1v) is 5.55. The summed E-state index contributed by atoms with van der Waals surface area (Å²) in [4.78, 5) is 24.6. The van der Waals surface area contributed by atoms with Gasteiger partial charge in [-0.15, -0.1) is 0 Å². The summed E-state index contributed by atoms with van der Waals surface area (Å²) in [5.74, 6) is -1.66.